The van der Waals surface area contributed by atoms with Crippen molar-refractivity contribution in [3.05, 3.63) is 71.3 Å². The summed E-state index contributed by atoms with van der Waals surface area (Å²) in [6.45, 7) is 2.07. The van der Waals surface area contributed by atoms with Crippen molar-refractivity contribution in [2.75, 3.05) is 31.1 Å². The van der Waals surface area contributed by atoms with E-state index >= 15 is 0 Å². The molecular weight excluding hydrogens is 659 g/mol. The molecule has 2 aromatic rings. The first kappa shape index (κ1) is 36.3. The predicted octanol–water partition coefficient (Wildman–Crippen LogP) is 3.79. The molecule has 4 atom stereocenters. The zero-order chi connectivity index (χ0) is 34.1. The predicted molar refractivity (Wildman–Crippen MR) is 171 cm³/mol. The molecule has 0 radical (unpaired) electrons. The Labute approximate surface area is 278 Å². The number of nitrogens with one attached hydrogen (secondary N) is 1. The van der Waals surface area contributed by atoms with Crippen LogP contribution >= 0.6 is 23.5 Å². The van der Waals surface area contributed by atoms with Gasteiger partial charge in [-0.05, 0) is 49.0 Å². The summed E-state index contributed by atoms with van der Waals surface area (Å²) in [6.07, 6.45) is -1.14. The van der Waals surface area contributed by atoms with Gasteiger partial charge in [0.15, 0.2) is 0 Å². The van der Waals surface area contributed by atoms with Crippen LogP contribution < -0.4 is 5.32 Å². The summed E-state index contributed by atoms with van der Waals surface area (Å²) < 4.78 is 31.7. The van der Waals surface area contributed by atoms with E-state index in [1.165, 1.54) is 23.1 Å². The Bertz CT molecular complexity index is 1440. The van der Waals surface area contributed by atoms with E-state index in [0.29, 0.717) is 24.5 Å². The second-order valence-corrected chi connectivity index (χ2v) is 13.8. The Morgan fingerprint density at radius 3 is 2.23 bits per heavy atom. The van der Waals surface area contributed by atoms with Crippen LogP contribution in [0.25, 0.3) is 0 Å². The first-order chi connectivity index (χ1) is 22.3. The van der Waals surface area contributed by atoms with Gasteiger partial charge in [-0.2, -0.15) is 24.9 Å². The fourth-order valence-electron chi connectivity index (χ4n) is 5.83. The normalized spacial score (nSPS) is 22.0. The summed E-state index contributed by atoms with van der Waals surface area (Å²) in [4.78, 5) is 65.5. The van der Waals surface area contributed by atoms with Crippen molar-refractivity contribution in [2.24, 2.45) is 0 Å². The first-order valence-electron chi connectivity index (χ1n) is 15.1. The van der Waals surface area contributed by atoms with Crippen LogP contribution in [0.4, 0.5) is 13.2 Å². The average molecular weight is 696 g/mol. The molecule has 2 amide bonds. The Hall–Kier alpha value is -3.56. The minimum Gasteiger partial charge on any atom is -0.480 e. The largest absolute Gasteiger partial charge is 0.490 e. The van der Waals surface area contributed by atoms with E-state index < -0.39 is 35.4 Å². The number of rotatable bonds is 8. The maximum atomic E-state index is 13.9. The van der Waals surface area contributed by atoms with Crippen molar-refractivity contribution in [3.8, 4) is 0 Å². The molecule has 10 nitrogen and oxygen atoms in total. The lowest BCUT2D eigenvalue weighted by molar-refractivity contribution is -0.192. The Balaban J connectivity index is 0.000000644. The number of nitrogens with zero attached hydrogens (tertiary/aromatic N) is 2. The number of fused-ring (bicyclic) bond motifs is 3. The van der Waals surface area contributed by atoms with Crippen LogP contribution in [0.1, 0.15) is 42.0 Å². The minimum absolute atomic E-state index is 0.0606. The number of hydrogen-bond donors (Lipinski definition) is 3. The standard InChI is InChI=1S/C30H35N3O5S2.C2HF3O2/c34-27(17-32-13-7-2-8-14-32)40-26(15-20-9-3-1-4-10-20)28(35)31-23-16-21-11-5-6-12-22(21)24-18-39-19-25(30(37)38)33(24)29(23)36;3-2(4,5)1(6)7/h1,3-6,9-12,23-26H,2,7-8,13-19H2,(H,31,35)(H,37,38);(H,6,7)/t23-,24+,25-,26+;/m1./s1. The lowest BCUT2D eigenvalue weighted by Gasteiger charge is -2.40. The maximum Gasteiger partial charge on any atom is 0.490 e. The topological polar surface area (TPSA) is 144 Å². The fourth-order valence-corrected chi connectivity index (χ4v) is 8.08. The van der Waals surface area contributed by atoms with Gasteiger partial charge in [0, 0.05) is 17.9 Å². The molecular formula is C32H36F3N3O7S2. The SMILES string of the molecule is O=C(CN1CCCCC1)S[C@@H](Cc1ccccc1)C(=O)N[C@@H]1Cc2ccccc2[C@@H]2CSC[C@H](C(=O)O)N2C1=O.O=C(O)C(F)(F)F. The van der Waals surface area contributed by atoms with Crippen LogP contribution in [-0.4, -0.2) is 104 Å². The maximum absolute atomic E-state index is 13.9. The number of hydrogen-bond acceptors (Lipinski definition) is 8. The molecule has 0 saturated carbocycles. The summed E-state index contributed by atoms with van der Waals surface area (Å²) in [5.41, 5.74) is 2.78. The number of benzene rings is 2. The summed E-state index contributed by atoms with van der Waals surface area (Å²) in [6, 6.07) is 15.0. The van der Waals surface area contributed by atoms with Crippen LogP contribution in [0.2, 0.25) is 0 Å². The molecule has 3 aliphatic heterocycles. The number of thioether (sulfide) groups is 2. The third kappa shape index (κ3) is 9.97. The fraction of sp³-hybridized carbons (Fsp3) is 0.469. The molecule has 5 rings (SSSR count). The van der Waals surface area contributed by atoms with Crippen molar-refractivity contribution in [3.63, 3.8) is 0 Å². The summed E-state index contributed by atoms with van der Waals surface area (Å²) >= 11 is 2.56. The zero-order valence-electron chi connectivity index (χ0n) is 25.4. The molecule has 0 aliphatic carbocycles. The molecule has 3 heterocycles. The van der Waals surface area contributed by atoms with Gasteiger partial charge in [-0.3, -0.25) is 19.3 Å². The molecule has 3 aliphatic rings. The second-order valence-electron chi connectivity index (χ2n) is 11.4. The van der Waals surface area contributed by atoms with Crippen LogP contribution in [-0.2, 0) is 36.8 Å². The highest BCUT2D eigenvalue weighted by atomic mass is 32.2. The Morgan fingerprint density at radius 1 is 0.957 bits per heavy atom. The van der Waals surface area contributed by atoms with E-state index in [9.17, 15) is 37.5 Å². The van der Waals surface area contributed by atoms with E-state index in [4.69, 9.17) is 9.90 Å². The third-order valence-electron chi connectivity index (χ3n) is 8.09. The van der Waals surface area contributed by atoms with Crippen molar-refractivity contribution in [1.29, 1.82) is 0 Å². The van der Waals surface area contributed by atoms with Crippen LogP contribution in [0.5, 0.6) is 0 Å². The average Bonchev–Trinajstić information content (AvgIpc) is 3.15. The summed E-state index contributed by atoms with van der Waals surface area (Å²) in [5.74, 6) is -3.66. The number of carbonyl (C=O) groups is 5. The number of alkyl halides is 3. The molecule has 3 N–H and O–H groups in total. The summed E-state index contributed by atoms with van der Waals surface area (Å²) in [5, 5.41) is 19.3. The van der Waals surface area contributed by atoms with Crippen molar-refractivity contribution in [2.45, 2.75) is 61.7 Å². The van der Waals surface area contributed by atoms with Crippen molar-refractivity contribution < 1.29 is 47.4 Å². The van der Waals surface area contributed by atoms with Gasteiger partial charge in [0.25, 0.3) is 0 Å². The van der Waals surface area contributed by atoms with Gasteiger partial charge in [0.1, 0.15) is 12.1 Å². The number of carboxylic acids is 2. The van der Waals surface area contributed by atoms with Gasteiger partial charge in [-0.1, -0.05) is 72.8 Å². The molecule has 15 heteroatoms. The summed E-state index contributed by atoms with van der Waals surface area (Å²) in [7, 11) is 0. The van der Waals surface area contributed by atoms with Crippen LogP contribution in [0, 0.1) is 0 Å². The number of likely N-dealkylation sites (tertiary alicyclic amines) is 1. The molecule has 2 fully saturated rings. The highest BCUT2D eigenvalue weighted by Crippen LogP contribution is 2.38. The van der Waals surface area contributed by atoms with E-state index in [1.807, 2.05) is 54.6 Å². The number of piperidine rings is 1. The highest BCUT2D eigenvalue weighted by molar-refractivity contribution is 8.14. The van der Waals surface area contributed by atoms with Crippen LogP contribution in [0.15, 0.2) is 54.6 Å². The lowest BCUT2D eigenvalue weighted by atomic mass is 9.98. The van der Waals surface area contributed by atoms with Gasteiger partial charge < -0.3 is 20.4 Å². The third-order valence-corrected chi connectivity index (χ3v) is 10.2. The molecule has 0 bridgehead atoms. The van der Waals surface area contributed by atoms with Crippen molar-refractivity contribution >= 4 is 52.4 Å². The highest BCUT2D eigenvalue weighted by Gasteiger charge is 2.45. The molecule has 0 unspecified atom stereocenters. The zero-order valence-corrected chi connectivity index (χ0v) is 27.0. The number of aliphatic carboxylic acids is 2. The lowest BCUT2D eigenvalue weighted by Crippen LogP contribution is -2.57. The molecule has 2 aromatic carbocycles. The van der Waals surface area contributed by atoms with Gasteiger partial charge in [0.05, 0.1) is 17.8 Å². The van der Waals surface area contributed by atoms with Gasteiger partial charge in [-0.25, -0.2) is 9.59 Å². The number of amides is 2. The second kappa shape index (κ2) is 16.5. The number of carbonyl (C=O) groups excluding carboxylic acids is 3. The Morgan fingerprint density at radius 2 is 1.60 bits per heavy atom. The van der Waals surface area contributed by atoms with Crippen molar-refractivity contribution in [1.82, 2.24) is 15.1 Å². The van der Waals surface area contributed by atoms with E-state index in [-0.39, 0.29) is 29.4 Å². The van der Waals surface area contributed by atoms with Gasteiger partial charge >= 0.3 is 18.1 Å². The molecule has 0 spiro atoms. The molecule has 47 heavy (non-hydrogen) atoms. The number of halogens is 3. The van der Waals surface area contributed by atoms with E-state index in [2.05, 4.69) is 10.2 Å². The van der Waals surface area contributed by atoms with Gasteiger partial charge in [-0.15, -0.1) is 0 Å². The van der Waals surface area contributed by atoms with E-state index in [1.54, 1.807) is 0 Å². The molecule has 0 aromatic heterocycles. The van der Waals surface area contributed by atoms with Crippen LogP contribution in [0.3, 0.4) is 0 Å². The molecule has 2 saturated heterocycles. The monoisotopic (exact) mass is 695 g/mol. The number of carboxylic acid groups (broad SMARTS) is 2. The van der Waals surface area contributed by atoms with Gasteiger partial charge in [0.2, 0.25) is 16.9 Å². The molecule has 254 valence electrons. The quantitative estimate of drug-likeness (QED) is 0.373. The first-order valence-corrected chi connectivity index (χ1v) is 17.2. The van der Waals surface area contributed by atoms with E-state index in [0.717, 1.165) is 54.4 Å². The Kier molecular flexibility index (Phi) is 12.7. The smallest absolute Gasteiger partial charge is 0.480 e. The minimum atomic E-state index is -5.08.